The van der Waals surface area contributed by atoms with Crippen molar-refractivity contribution in [3.63, 3.8) is 0 Å². The highest BCUT2D eigenvalue weighted by atomic mass is 19.1. The van der Waals surface area contributed by atoms with Crippen LogP contribution in [-0.4, -0.2) is 65.5 Å². The second-order valence-corrected chi connectivity index (χ2v) is 8.61. The van der Waals surface area contributed by atoms with Gasteiger partial charge < -0.3 is 9.80 Å². The van der Waals surface area contributed by atoms with Crippen LogP contribution >= 0.6 is 0 Å². The maximum absolute atomic E-state index is 14.4. The number of carbonyl (C=O) groups excluding carboxylic acids is 1. The summed E-state index contributed by atoms with van der Waals surface area (Å²) in [6, 6.07) is 9.49. The molecule has 1 aromatic carbocycles. The number of rotatable bonds is 8. The van der Waals surface area contributed by atoms with E-state index in [1.54, 1.807) is 42.3 Å². The molecule has 0 unspecified atom stereocenters. The number of halogens is 2. The fourth-order valence-electron chi connectivity index (χ4n) is 4.10. The summed E-state index contributed by atoms with van der Waals surface area (Å²) in [6.07, 6.45) is 2.53. The quantitative estimate of drug-likeness (QED) is 0.640. The molecule has 0 saturated carbocycles. The number of para-hydroxylation sites is 1. The fourth-order valence-corrected chi connectivity index (χ4v) is 4.10. The van der Waals surface area contributed by atoms with Gasteiger partial charge in [0, 0.05) is 63.8 Å². The van der Waals surface area contributed by atoms with Gasteiger partial charge >= 0.3 is 0 Å². The molecule has 1 amide bonds. The van der Waals surface area contributed by atoms with E-state index in [9.17, 15) is 13.6 Å². The monoisotopic (exact) mass is 430 g/mol. The molecule has 0 atom stereocenters. The number of hydrogen-bond donors (Lipinski definition) is 0. The maximum Gasteiger partial charge on any atom is 0.226 e. The Bertz CT molecular complexity index is 881. The standard InChI is InChI=1S/C24H32F2N4O/c1-4-23(31)30(22-10-6-5-8-20(22)26)18-24(2,3)29-16-14-28(15-17-29)13-11-21-19(25)9-7-12-27-21/h5-10,12H,4,11,13-18H2,1-3H3. The van der Waals surface area contributed by atoms with Crippen LogP contribution in [0.15, 0.2) is 42.6 Å². The molecule has 0 aliphatic carbocycles. The first-order valence-corrected chi connectivity index (χ1v) is 10.9. The second kappa shape index (κ2) is 10.3. The Hall–Kier alpha value is -2.38. The SMILES string of the molecule is CCC(=O)N(CC(C)(C)N1CCN(CCc2ncccc2F)CC1)c1ccccc1F. The molecule has 31 heavy (non-hydrogen) atoms. The second-order valence-electron chi connectivity index (χ2n) is 8.61. The molecular formula is C24H32F2N4O. The highest BCUT2D eigenvalue weighted by molar-refractivity contribution is 5.93. The van der Waals surface area contributed by atoms with Gasteiger partial charge in [-0.05, 0) is 38.1 Å². The van der Waals surface area contributed by atoms with Crippen molar-refractivity contribution >= 4 is 11.6 Å². The zero-order chi connectivity index (χ0) is 22.4. The summed E-state index contributed by atoms with van der Waals surface area (Å²) in [6.45, 7) is 10.6. The molecule has 1 fully saturated rings. The lowest BCUT2D eigenvalue weighted by Crippen LogP contribution is -2.59. The van der Waals surface area contributed by atoms with E-state index in [1.807, 2.05) is 0 Å². The largest absolute Gasteiger partial charge is 0.308 e. The number of anilines is 1. The average Bonchev–Trinajstić information content (AvgIpc) is 2.77. The van der Waals surface area contributed by atoms with E-state index in [0.29, 0.717) is 30.8 Å². The summed E-state index contributed by atoms with van der Waals surface area (Å²) in [5.41, 5.74) is 0.522. The highest BCUT2D eigenvalue weighted by Crippen LogP contribution is 2.25. The molecule has 7 heteroatoms. The van der Waals surface area contributed by atoms with Gasteiger partial charge in [0.25, 0.3) is 0 Å². The number of amides is 1. The van der Waals surface area contributed by atoms with Crippen molar-refractivity contribution in [2.75, 3.05) is 44.2 Å². The molecule has 1 saturated heterocycles. The van der Waals surface area contributed by atoms with Crippen molar-refractivity contribution in [2.24, 2.45) is 0 Å². The number of benzene rings is 1. The van der Waals surface area contributed by atoms with E-state index in [4.69, 9.17) is 0 Å². The molecule has 168 valence electrons. The van der Waals surface area contributed by atoms with Crippen molar-refractivity contribution in [2.45, 2.75) is 39.2 Å². The number of hydrogen-bond acceptors (Lipinski definition) is 4. The molecule has 5 nitrogen and oxygen atoms in total. The van der Waals surface area contributed by atoms with Crippen LogP contribution in [0.2, 0.25) is 0 Å². The van der Waals surface area contributed by atoms with Crippen molar-refractivity contribution in [3.05, 3.63) is 59.9 Å². The Morgan fingerprint density at radius 2 is 1.74 bits per heavy atom. The highest BCUT2D eigenvalue weighted by Gasteiger charge is 2.34. The van der Waals surface area contributed by atoms with Crippen molar-refractivity contribution in [1.29, 1.82) is 0 Å². The van der Waals surface area contributed by atoms with Crippen LogP contribution in [0.25, 0.3) is 0 Å². The number of aromatic nitrogens is 1. The molecule has 2 heterocycles. The molecule has 1 aliphatic heterocycles. The first kappa shape index (κ1) is 23.3. The predicted molar refractivity (Wildman–Crippen MR) is 119 cm³/mol. The molecule has 0 N–H and O–H groups in total. The lowest BCUT2D eigenvalue weighted by molar-refractivity contribution is -0.118. The Morgan fingerprint density at radius 1 is 1.06 bits per heavy atom. The van der Waals surface area contributed by atoms with Crippen molar-refractivity contribution in [1.82, 2.24) is 14.8 Å². The number of carbonyl (C=O) groups is 1. The summed E-state index contributed by atoms with van der Waals surface area (Å²) >= 11 is 0. The summed E-state index contributed by atoms with van der Waals surface area (Å²) < 4.78 is 28.2. The molecule has 1 aliphatic rings. The topological polar surface area (TPSA) is 39.7 Å². The lowest BCUT2D eigenvalue weighted by atomic mass is 9.99. The summed E-state index contributed by atoms with van der Waals surface area (Å²) in [4.78, 5) is 23.0. The van der Waals surface area contributed by atoms with Gasteiger partial charge in [-0.3, -0.25) is 14.7 Å². The molecule has 0 radical (unpaired) electrons. The minimum Gasteiger partial charge on any atom is -0.308 e. The van der Waals surface area contributed by atoms with Crippen LogP contribution in [0.3, 0.4) is 0 Å². The van der Waals surface area contributed by atoms with Crippen LogP contribution in [0.1, 0.15) is 32.9 Å². The van der Waals surface area contributed by atoms with Crippen molar-refractivity contribution < 1.29 is 13.6 Å². The van der Waals surface area contributed by atoms with Crippen LogP contribution in [0, 0.1) is 11.6 Å². The molecule has 0 bridgehead atoms. The third kappa shape index (κ3) is 5.86. The van der Waals surface area contributed by atoms with Gasteiger partial charge in [0.05, 0.1) is 11.4 Å². The van der Waals surface area contributed by atoms with Gasteiger partial charge in [-0.1, -0.05) is 19.1 Å². The molecule has 1 aromatic heterocycles. The lowest BCUT2D eigenvalue weighted by Gasteiger charge is -2.46. The molecule has 0 spiro atoms. The predicted octanol–water partition coefficient (Wildman–Crippen LogP) is 3.74. The fraction of sp³-hybridized carbons (Fsp3) is 0.500. The molecular weight excluding hydrogens is 398 g/mol. The van der Waals surface area contributed by atoms with Gasteiger partial charge in [0.1, 0.15) is 11.6 Å². The van der Waals surface area contributed by atoms with E-state index >= 15 is 0 Å². The van der Waals surface area contributed by atoms with Crippen LogP contribution in [-0.2, 0) is 11.2 Å². The minimum atomic E-state index is -0.383. The van der Waals surface area contributed by atoms with E-state index < -0.39 is 0 Å². The van der Waals surface area contributed by atoms with Gasteiger partial charge in [0.15, 0.2) is 0 Å². The van der Waals surface area contributed by atoms with Crippen LogP contribution in [0.5, 0.6) is 0 Å². The van der Waals surface area contributed by atoms with Gasteiger partial charge in [-0.15, -0.1) is 0 Å². The Morgan fingerprint density at radius 3 is 2.39 bits per heavy atom. The average molecular weight is 431 g/mol. The maximum atomic E-state index is 14.4. The molecule has 3 rings (SSSR count). The Kier molecular flexibility index (Phi) is 7.73. The number of nitrogens with zero attached hydrogens (tertiary/aromatic N) is 4. The summed E-state index contributed by atoms with van der Waals surface area (Å²) in [5, 5.41) is 0. The Labute approximate surface area is 183 Å². The van der Waals surface area contributed by atoms with Crippen LogP contribution in [0.4, 0.5) is 14.5 Å². The van der Waals surface area contributed by atoms with Gasteiger partial charge in [-0.2, -0.15) is 0 Å². The van der Waals surface area contributed by atoms with Crippen LogP contribution < -0.4 is 4.90 Å². The third-order valence-corrected chi connectivity index (χ3v) is 6.02. The normalized spacial score (nSPS) is 15.8. The third-order valence-electron chi connectivity index (χ3n) is 6.02. The zero-order valence-electron chi connectivity index (χ0n) is 18.7. The van der Waals surface area contributed by atoms with Gasteiger partial charge in [0.2, 0.25) is 5.91 Å². The van der Waals surface area contributed by atoms with E-state index in [1.165, 1.54) is 12.1 Å². The summed E-state index contributed by atoms with van der Waals surface area (Å²) in [5.74, 6) is -0.725. The first-order valence-electron chi connectivity index (χ1n) is 10.9. The molecule has 2 aromatic rings. The zero-order valence-corrected chi connectivity index (χ0v) is 18.7. The summed E-state index contributed by atoms with van der Waals surface area (Å²) in [7, 11) is 0. The number of pyridine rings is 1. The Balaban J connectivity index is 1.60. The smallest absolute Gasteiger partial charge is 0.226 e. The van der Waals surface area contributed by atoms with E-state index in [-0.39, 0.29) is 23.1 Å². The minimum absolute atomic E-state index is 0.0887. The number of piperazine rings is 1. The van der Waals surface area contributed by atoms with E-state index in [2.05, 4.69) is 28.6 Å². The van der Waals surface area contributed by atoms with Crippen molar-refractivity contribution in [3.8, 4) is 0 Å². The van der Waals surface area contributed by atoms with Gasteiger partial charge in [-0.25, -0.2) is 8.78 Å². The van der Waals surface area contributed by atoms with E-state index in [0.717, 1.165) is 32.7 Å². The first-order chi connectivity index (χ1) is 14.8.